The minimum Gasteiger partial charge on any atom is -0.273 e. The van der Waals surface area contributed by atoms with E-state index in [9.17, 15) is 4.79 Å². The summed E-state index contributed by atoms with van der Waals surface area (Å²) in [6.45, 7) is 3.56. The van der Waals surface area contributed by atoms with Crippen molar-refractivity contribution in [2.45, 2.75) is 32.6 Å². The highest BCUT2D eigenvalue weighted by atomic mass is 16.7. The van der Waals surface area contributed by atoms with E-state index in [0.717, 1.165) is 25.8 Å². The molecule has 0 atom stereocenters. The second-order valence-electron chi connectivity index (χ2n) is 4.35. The minimum absolute atomic E-state index is 0.0991. The zero-order chi connectivity index (χ0) is 12.1. The monoisotopic (exact) mass is 233 g/mol. The van der Waals surface area contributed by atoms with Gasteiger partial charge in [0.25, 0.3) is 0 Å². The maximum absolute atomic E-state index is 11.7. The number of nitrogens with zero attached hydrogens (tertiary/aromatic N) is 1. The van der Waals surface area contributed by atoms with E-state index >= 15 is 0 Å². The number of aryl methyl sites for hydroxylation is 2. The molecule has 0 aromatic heterocycles. The van der Waals surface area contributed by atoms with Crippen LogP contribution in [0.4, 0.5) is 0 Å². The van der Waals surface area contributed by atoms with Gasteiger partial charge in [-0.3, -0.25) is 9.63 Å². The van der Waals surface area contributed by atoms with Crippen LogP contribution in [0.25, 0.3) is 0 Å². The molecule has 1 aromatic rings. The Bertz CT molecular complexity index is 366. The predicted octanol–water partition coefficient (Wildman–Crippen LogP) is 2.35. The quantitative estimate of drug-likeness (QED) is 0.799. The lowest BCUT2D eigenvalue weighted by atomic mass is 10.1. The van der Waals surface area contributed by atoms with Crippen molar-refractivity contribution in [2.24, 2.45) is 0 Å². The highest BCUT2D eigenvalue weighted by molar-refractivity contribution is 5.75. The first-order valence-electron chi connectivity index (χ1n) is 6.30. The van der Waals surface area contributed by atoms with Gasteiger partial charge in [-0.05, 0) is 30.4 Å². The second kappa shape index (κ2) is 5.82. The minimum atomic E-state index is 0.0991. The van der Waals surface area contributed by atoms with Crippen LogP contribution in [0.2, 0.25) is 0 Å². The summed E-state index contributed by atoms with van der Waals surface area (Å²) in [5.74, 6) is 0.0991. The predicted molar refractivity (Wildman–Crippen MR) is 66.4 cm³/mol. The third kappa shape index (κ3) is 3.30. The van der Waals surface area contributed by atoms with E-state index in [1.54, 1.807) is 0 Å². The molecule has 3 heteroatoms. The van der Waals surface area contributed by atoms with Crippen LogP contribution in [-0.4, -0.2) is 24.1 Å². The maximum Gasteiger partial charge on any atom is 0.246 e. The number of rotatable bonds is 4. The van der Waals surface area contributed by atoms with Crippen LogP contribution >= 0.6 is 0 Å². The van der Waals surface area contributed by atoms with Crippen LogP contribution in [0.5, 0.6) is 0 Å². The molecule has 3 nitrogen and oxygen atoms in total. The lowest BCUT2D eigenvalue weighted by Gasteiger charge is -2.13. The molecule has 1 fully saturated rings. The van der Waals surface area contributed by atoms with Gasteiger partial charge in [0, 0.05) is 6.42 Å². The summed E-state index contributed by atoms with van der Waals surface area (Å²) in [6, 6.07) is 8.48. The Kier molecular flexibility index (Phi) is 4.15. The molecule has 17 heavy (non-hydrogen) atoms. The number of carbonyl (C=O) groups is 1. The summed E-state index contributed by atoms with van der Waals surface area (Å²) >= 11 is 0. The molecule has 0 spiro atoms. The zero-order valence-corrected chi connectivity index (χ0v) is 10.3. The van der Waals surface area contributed by atoms with E-state index in [0.29, 0.717) is 13.0 Å². The molecule has 0 unspecified atom stereocenters. The van der Waals surface area contributed by atoms with Crippen molar-refractivity contribution in [3.8, 4) is 0 Å². The van der Waals surface area contributed by atoms with Crippen LogP contribution in [0.1, 0.15) is 30.9 Å². The standard InChI is InChI=1S/C14H19NO2/c1-2-12-4-6-13(7-5-12)8-9-14(16)15-10-3-11-17-15/h4-7H,2-3,8-11H2,1H3. The molecule has 0 aliphatic carbocycles. The fraction of sp³-hybridized carbons (Fsp3) is 0.500. The van der Waals surface area contributed by atoms with E-state index in [2.05, 4.69) is 31.2 Å². The summed E-state index contributed by atoms with van der Waals surface area (Å²) in [7, 11) is 0. The van der Waals surface area contributed by atoms with Gasteiger partial charge in [-0.1, -0.05) is 31.2 Å². The highest BCUT2D eigenvalue weighted by Gasteiger charge is 2.18. The average Bonchev–Trinajstić information content (AvgIpc) is 2.90. The third-order valence-corrected chi connectivity index (χ3v) is 3.09. The highest BCUT2D eigenvalue weighted by Crippen LogP contribution is 2.11. The van der Waals surface area contributed by atoms with Crippen molar-refractivity contribution >= 4 is 5.91 Å². The van der Waals surface area contributed by atoms with Gasteiger partial charge in [0.05, 0.1) is 13.2 Å². The summed E-state index contributed by atoms with van der Waals surface area (Å²) in [5.41, 5.74) is 2.55. The molecule has 0 radical (unpaired) electrons. The fourth-order valence-corrected chi connectivity index (χ4v) is 1.96. The van der Waals surface area contributed by atoms with E-state index < -0.39 is 0 Å². The molecule has 1 heterocycles. The number of hydroxylamine groups is 2. The normalized spacial score (nSPS) is 15.2. The van der Waals surface area contributed by atoms with Crippen molar-refractivity contribution < 1.29 is 9.63 Å². The molecule has 0 bridgehead atoms. The van der Waals surface area contributed by atoms with E-state index in [-0.39, 0.29) is 5.91 Å². The van der Waals surface area contributed by atoms with Gasteiger partial charge in [-0.25, -0.2) is 5.06 Å². The van der Waals surface area contributed by atoms with Crippen molar-refractivity contribution in [1.29, 1.82) is 0 Å². The Hall–Kier alpha value is -1.35. The topological polar surface area (TPSA) is 29.5 Å². The number of amides is 1. The molecule has 1 aromatic carbocycles. The Labute approximate surface area is 102 Å². The van der Waals surface area contributed by atoms with Gasteiger partial charge in [0.2, 0.25) is 5.91 Å². The van der Waals surface area contributed by atoms with Crippen LogP contribution in [0.15, 0.2) is 24.3 Å². The van der Waals surface area contributed by atoms with E-state index in [1.807, 2.05) is 0 Å². The number of carbonyl (C=O) groups excluding carboxylic acids is 1. The summed E-state index contributed by atoms with van der Waals surface area (Å²) in [4.78, 5) is 17.0. The zero-order valence-electron chi connectivity index (χ0n) is 10.3. The molecule has 1 aliphatic rings. The molecule has 92 valence electrons. The lowest BCUT2D eigenvalue weighted by molar-refractivity contribution is -0.168. The van der Waals surface area contributed by atoms with Crippen LogP contribution in [0, 0.1) is 0 Å². The summed E-state index contributed by atoms with van der Waals surface area (Å²) in [6.07, 6.45) is 3.34. The molecular formula is C14H19NO2. The fourth-order valence-electron chi connectivity index (χ4n) is 1.96. The van der Waals surface area contributed by atoms with Crippen LogP contribution < -0.4 is 0 Å². The largest absolute Gasteiger partial charge is 0.273 e. The van der Waals surface area contributed by atoms with Crippen LogP contribution in [0.3, 0.4) is 0 Å². The van der Waals surface area contributed by atoms with E-state index in [1.165, 1.54) is 16.2 Å². The first-order chi connectivity index (χ1) is 8.29. The Morgan fingerprint density at radius 2 is 2.00 bits per heavy atom. The van der Waals surface area contributed by atoms with Crippen LogP contribution in [-0.2, 0) is 22.5 Å². The molecule has 0 N–H and O–H groups in total. The maximum atomic E-state index is 11.7. The molecule has 1 aliphatic heterocycles. The van der Waals surface area contributed by atoms with Crippen molar-refractivity contribution in [1.82, 2.24) is 5.06 Å². The summed E-state index contributed by atoms with van der Waals surface area (Å²) in [5, 5.41) is 1.50. The van der Waals surface area contributed by atoms with Crippen molar-refractivity contribution in [3.05, 3.63) is 35.4 Å². The Morgan fingerprint density at radius 1 is 1.29 bits per heavy atom. The number of hydrogen-bond donors (Lipinski definition) is 0. The van der Waals surface area contributed by atoms with Crippen molar-refractivity contribution in [2.75, 3.05) is 13.2 Å². The van der Waals surface area contributed by atoms with Gasteiger partial charge >= 0.3 is 0 Å². The van der Waals surface area contributed by atoms with Gasteiger partial charge < -0.3 is 0 Å². The molecule has 1 amide bonds. The van der Waals surface area contributed by atoms with E-state index in [4.69, 9.17) is 4.84 Å². The van der Waals surface area contributed by atoms with Gasteiger partial charge in [-0.15, -0.1) is 0 Å². The molecular weight excluding hydrogens is 214 g/mol. The Balaban J connectivity index is 1.82. The third-order valence-electron chi connectivity index (χ3n) is 3.09. The second-order valence-corrected chi connectivity index (χ2v) is 4.35. The number of hydrogen-bond acceptors (Lipinski definition) is 2. The number of benzene rings is 1. The smallest absolute Gasteiger partial charge is 0.246 e. The first kappa shape index (κ1) is 12.1. The van der Waals surface area contributed by atoms with Gasteiger partial charge in [0.1, 0.15) is 0 Å². The first-order valence-corrected chi connectivity index (χ1v) is 6.30. The lowest BCUT2D eigenvalue weighted by Crippen LogP contribution is -2.26. The summed E-state index contributed by atoms with van der Waals surface area (Å²) < 4.78 is 0. The molecule has 2 rings (SSSR count). The van der Waals surface area contributed by atoms with Gasteiger partial charge in [0.15, 0.2) is 0 Å². The SMILES string of the molecule is CCc1ccc(CCC(=O)N2CCCO2)cc1. The molecule has 0 saturated carbocycles. The van der Waals surface area contributed by atoms with Gasteiger partial charge in [-0.2, -0.15) is 0 Å². The van der Waals surface area contributed by atoms with Crippen molar-refractivity contribution in [3.63, 3.8) is 0 Å². The average molecular weight is 233 g/mol. The molecule has 1 saturated heterocycles. The Morgan fingerprint density at radius 3 is 2.59 bits per heavy atom.